The Hall–Kier alpha value is -0.600. The summed E-state index contributed by atoms with van der Waals surface area (Å²) in [5, 5.41) is 7.53. The topological polar surface area (TPSA) is 70.0 Å². The Bertz CT molecular complexity index is 335. The molecule has 5 heteroatoms. The van der Waals surface area contributed by atoms with E-state index in [-0.39, 0.29) is 11.3 Å². The number of hydrogen-bond acceptors (Lipinski definition) is 3. The summed E-state index contributed by atoms with van der Waals surface area (Å²) >= 11 is 0. The second-order valence-electron chi connectivity index (χ2n) is 4.93. The van der Waals surface area contributed by atoms with Gasteiger partial charge < -0.3 is 0 Å². The minimum atomic E-state index is -3.48. The summed E-state index contributed by atoms with van der Waals surface area (Å²) in [7, 11) is -3.48. The number of rotatable bonds is 4. The Balaban J connectivity index is 4.37. The molecular formula is C10H20N2O2S. The highest BCUT2D eigenvalue weighted by Crippen LogP contribution is 2.24. The van der Waals surface area contributed by atoms with Crippen LogP contribution in [0.15, 0.2) is 0 Å². The summed E-state index contributed by atoms with van der Waals surface area (Å²) in [6.07, 6.45) is 0. The summed E-state index contributed by atoms with van der Waals surface area (Å²) in [6, 6.07) is 1.72. The first kappa shape index (κ1) is 14.4. The molecule has 15 heavy (non-hydrogen) atoms. The second kappa shape index (κ2) is 4.95. The SMILES string of the molecule is CC(CNS(=O)(=O)C(C)C#N)C(C)(C)C. The molecule has 2 unspecified atom stereocenters. The second-order valence-corrected chi connectivity index (χ2v) is 7.02. The maximum atomic E-state index is 11.5. The van der Waals surface area contributed by atoms with Gasteiger partial charge in [-0.25, -0.2) is 13.1 Å². The average molecular weight is 232 g/mol. The third-order valence-corrected chi connectivity index (χ3v) is 4.32. The van der Waals surface area contributed by atoms with Gasteiger partial charge in [0.1, 0.15) is 0 Å². The van der Waals surface area contributed by atoms with Crippen LogP contribution in [0.25, 0.3) is 0 Å². The highest BCUT2D eigenvalue weighted by Gasteiger charge is 2.24. The zero-order valence-corrected chi connectivity index (χ0v) is 10.9. The van der Waals surface area contributed by atoms with Gasteiger partial charge >= 0.3 is 0 Å². The van der Waals surface area contributed by atoms with E-state index in [4.69, 9.17) is 5.26 Å². The van der Waals surface area contributed by atoms with Gasteiger partial charge in [0, 0.05) is 6.54 Å². The predicted octanol–water partition coefficient (Wildman–Crippen LogP) is 1.50. The predicted molar refractivity (Wildman–Crippen MR) is 60.6 cm³/mol. The lowest BCUT2D eigenvalue weighted by Crippen LogP contribution is -2.37. The van der Waals surface area contributed by atoms with Crippen molar-refractivity contribution >= 4 is 10.0 Å². The number of nitriles is 1. The van der Waals surface area contributed by atoms with E-state index in [1.54, 1.807) is 6.07 Å². The van der Waals surface area contributed by atoms with Crippen LogP contribution < -0.4 is 4.72 Å². The Morgan fingerprint density at radius 2 is 1.80 bits per heavy atom. The van der Waals surface area contributed by atoms with Crippen LogP contribution in [0.2, 0.25) is 0 Å². The lowest BCUT2D eigenvalue weighted by atomic mass is 9.82. The van der Waals surface area contributed by atoms with Gasteiger partial charge in [-0.05, 0) is 18.3 Å². The van der Waals surface area contributed by atoms with Crippen molar-refractivity contribution in [1.82, 2.24) is 4.72 Å². The number of hydrogen-bond donors (Lipinski definition) is 1. The molecule has 0 radical (unpaired) electrons. The maximum absolute atomic E-state index is 11.5. The Labute approximate surface area is 92.7 Å². The fourth-order valence-electron chi connectivity index (χ4n) is 0.742. The third-order valence-electron chi connectivity index (χ3n) is 2.72. The van der Waals surface area contributed by atoms with Crippen molar-refractivity contribution in [2.75, 3.05) is 6.54 Å². The van der Waals surface area contributed by atoms with E-state index in [0.29, 0.717) is 6.54 Å². The van der Waals surface area contributed by atoms with Crippen LogP contribution in [0.1, 0.15) is 34.6 Å². The first-order valence-corrected chi connectivity index (χ1v) is 6.54. The molecule has 1 N–H and O–H groups in total. The molecule has 0 heterocycles. The van der Waals surface area contributed by atoms with Crippen LogP contribution >= 0.6 is 0 Å². The molecule has 0 saturated heterocycles. The lowest BCUT2D eigenvalue weighted by molar-refractivity contribution is 0.263. The monoisotopic (exact) mass is 232 g/mol. The molecule has 0 saturated carbocycles. The van der Waals surface area contributed by atoms with Gasteiger partial charge in [-0.3, -0.25) is 0 Å². The quantitative estimate of drug-likeness (QED) is 0.798. The van der Waals surface area contributed by atoms with E-state index in [9.17, 15) is 8.42 Å². The molecule has 0 aromatic carbocycles. The van der Waals surface area contributed by atoms with Crippen LogP contribution in [-0.4, -0.2) is 20.2 Å². The molecule has 0 aromatic heterocycles. The van der Waals surface area contributed by atoms with Gasteiger partial charge in [0.15, 0.2) is 5.25 Å². The van der Waals surface area contributed by atoms with Crippen molar-refractivity contribution in [3.05, 3.63) is 0 Å². The van der Waals surface area contributed by atoms with E-state index in [1.165, 1.54) is 6.92 Å². The van der Waals surface area contributed by atoms with E-state index >= 15 is 0 Å². The van der Waals surface area contributed by atoms with Gasteiger partial charge in [-0.15, -0.1) is 0 Å². The van der Waals surface area contributed by atoms with E-state index in [2.05, 4.69) is 25.5 Å². The number of nitrogens with zero attached hydrogens (tertiary/aromatic N) is 1. The smallest absolute Gasteiger partial charge is 0.214 e. The van der Waals surface area contributed by atoms with Gasteiger partial charge in [-0.1, -0.05) is 27.7 Å². The molecule has 88 valence electrons. The fourth-order valence-corrected chi connectivity index (χ4v) is 1.61. The minimum Gasteiger partial charge on any atom is -0.214 e. The average Bonchev–Trinajstić information content (AvgIpc) is 2.11. The molecule has 0 bridgehead atoms. The highest BCUT2D eigenvalue weighted by molar-refractivity contribution is 7.90. The zero-order valence-electron chi connectivity index (χ0n) is 10.0. The fraction of sp³-hybridized carbons (Fsp3) is 0.900. The van der Waals surface area contributed by atoms with E-state index < -0.39 is 15.3 Å². The van der Waals surface area contributed by atoms with Crippen LogP contribution in [0.5, 0.6) is 0 Å². The van der Waals surface area contributed by atoms with Crippen LogP contribution in [0.3, 0.4) is 0 Å². The summed E-state index contributed by atoms with van der Waals surface area (Å²) in [4.78, 5) is 0. The first-order chi connectivity index (χ1) is 6.61. The van der Waals surface area contributed by atoms with Crippen molar-refractivity contribution in [3.63, 3.8) is 0 Å². The molecule has 0 fully saturated rings. The summed E-state index contributed by atoms with van der Waals surface area (Å²) in [6.45, 7) is 9.90. The van der Waals surface area contributed by atoms with Crippen LogP contribution in [0, 0.1) is 22.7 Å². The summed E-state index contributed by atoms with van der Waals surface area (Å²) in [5.74, 6) is 0.221. The minimum absolute atomic E-state index is 0.0540. The zero-order chi connectivity index (χ0) is 12.3. The number of sulfonamides is 1. The standard InChI is InChI=1S/C10H20N2O2S/c1-8(10(3,4)5)7-12-15(13,14)9(2)6-11/h8-9,12H,7H2,1-5H3. The molecule has 0 aromatic rings. The van der Waals surface area contributed by atoms with Gasteiger partial charge in [-0.2, -0.15) is 5.26 Å². The highest BCUT2D eigenvalue weighted by atomic mass is 32.2. The molecule has 2 atom stereocenters. The first-order valence-electron chi connectivity index (χ1n) is 4.99. The van der Waals surface area contributed by atoms with Crippen molar-refractivity contribution in [2.24, 2.45) is 11.3 Å². The molecule has 4 nitrogen and oxygen atoms in total. The Morgan fingerprint density at radius 3 is 2.13 bits per heavy atom. The molecule has 0 aliphatic heterocycles. The Morgan fingerprint density at radius 1 is 1.33 bits per heavy atom. The van der Waals surface area contributed by atoms with E-state index in [0.717, 1.165) is 0 Å². The normalized spacial score (nSPS) is 16.8. The maximum Gasteiger partial charge on any atom is 0.227 e. The van der Waals surface area contributed by atoms with Gasteiger partial charge in [0.05, 0.1) is 6.07 Å². The van der Waals surface area contributed by atoms with Crippen LogP contribution in [0.4, 0.5) is 0 Å². The molecule has 0 aliphatic carbocycles. The molecule has 0 aliphatic rings. The molecule has 0 spiro atoms. The number of nitrogens with one attached hydrogen (secondary N) is 1. The third kappa shape index (κ3) is 4.63. The summed E-state index contributed by atoms with van der Waals surface area (Å²) in [5.41, 5.74) is 0.0540. The largest absolute Gasteiger partial charge is 0.227 e. The Kier molecular flexibility index (Phi) is 4.75. The van der Waals surface area contributed by atoms with Crippen molar-refractivity contribution in [1.29, 1.82) is 5.26 Å². The summed E-state index contributed by atoms with van der Waals surface area (Å²) < 4.78 is 25.4. The van der Waals surface area contributed by atoms with E-state index in [1.807, 2.05) is 6.92 Å². The molecule has 0 amide bonds. The van der Waals surface area contributed by atoms with Gasteiger partial charge in [0.2, 0.25) is 10.0 Å². The van der Waals surface area contributed by atoms with Gasteiger partial charge in [0.25, 0.3) is 0 Å². The van der Waals surface area contributed by atoms with Crippen LogP contribution in [-0.2, 0) is 10.0 Å². The van der Waals surface area contributed by atoms with Crippen molar-refractivity contribution in [3.8, 4) is 6.07 Å². The van der Waals surface area contributed by atoms with Crippen molar-refractivity contribution < 1.29 is 8.42 Å². The van der Waals surface area contributed by atoms with Crippen molar-refractivity contribution in [2.45, 2.75) is 39.9 Å². The lowest BCUT2D eigenvalue weighted by Gasteiger charge is -2.27. The molecule has 0 rings (SSSR count). The molecular weight excluding hydrogens is 212 g/mol.